The Kier molecular flexibility index (Phi) is 3.85. The monoisotopic (exact) mass is 226 g/mol. The van der Waals surface area contributed by atoms with Crippen molar-refractivity contribution in [2.24, 2.45) is 10.7 Å². The molecule has 2 N–H and O–H groups in total. The van der Waals surface area contributed by atoms with Gasteiger partial charge < -0.3 is 10.5 Å². The molecule has 0 fully saturated rings. The number of nitrogens with two attached hydrogens (primary N) is 1. The van der Waals surface area contributed by atoms with Gasteiger partial charge in [0.2, 0.25) is 0 Å². The zero-order valence-electron chi connectivity index (χ0n) is 9.03. The number of rotatable bonds is 3. The van der Waals surface area contributed by atoms with Gasteiger partial charge >= 0.3 is 5.97 Å². The molecule has 1 aromatic rings. The Bertz CT molecular complexity index is 396. The first-order valence-corrected chi connectivity index (χ1v) is 5.44. The molecule has 0 radical (unpaired) electrons. The maximum Gasteiger partial charge on any atom is 0.341 e. The maximum absolute atomic E-state index is 11.6. The fourth-order valence-electron chi connectivity index (χ4n) is 1.21. The molecule has 0 amide bonds. The summed E-state index contributed by atoms with van der Waals surface area (Å²) in [7, 11) is 0. The van der Waals surface area contributed by atoms with Gasteiger partial charge in [0.15, 0.2) is 0 Å². The summed E-state index contributed by atoms with van der Waals surface area (Å²) in [6.45, 7) is 5.96. The van der Waals surface area contributed by atoms with Gasteiger partial charge in [-0.25, -0.2) is 9.79 Å². The third-order valence-corrected chi connectivity index (χ3v) is 3.15. The highest BCUT2D eigenvalue weighted by Crippen LogP contribution is 2.34. The number of nitrogens with zero attached hydrogens (tertiary/aromatic N) is 1. The van der Waals surface area contributed by atoms with E-state index in [1.165, 1.54) is 17.7 Å². The van der Waals surface area contributed by atoms with E-state index in [0.717, 1.165) is 10.4 Å². The van der Waals surface area contributed by atoms with Crippen LogP contribution in [0, 0.1) is 13.8 Å². The predicted octanol–water partition coefficient (Wildman–Crippen LogP) is 2.16. The van der Waals surface area contributed by atoms with Crippen molar-refractivity contribution in [3.05, 3.63) is 16.0 Å². The van der Waals surface area contributed by atoms with E-state index in [1.807, 2.05) is 13.8 Å². The number of thiophene rings is 1. The van der Waals surface area contributed by atoms with Gasteiger partial charge in [-0.05, 0) is 26.3 Å². The maximum atomic E-state index is 11.6. The van der Waals surface area contributed by atoms with Gasteiger partial charge in [-0.15, -0.1) is 11.3 Å². The molecule has 0 atom stereocenters. The molecular formula is C10H14N2O2S. The normalized spacial score (nSPS) is 10.9. The highest BCUT2D eigenvalue weighted by atomic mass is 32.1. The second kappa shape index (κ2) is 4.93. The van der Waals surface area contributed by atoms with Gasteiger partial charge in [-0.3, -0.25) is 0 Å². The molecule has 0 aliphatic heterocycles. The summed E-state index contributed by atoms with van der Waals surface area (Å²) in [6, 6.07) is 0. The van der Waals surface area contributed by atoms with Gasteiger partial charge in [0.25, 0.3) is 0 Å². The molecule has 0 aromatic carbocycles. The molecule has 0 unspecified atom stereocenters. The summed E-state index contributed by atoms with van der Waals surface area (Å²) >= 11 is 1.44. The molecule has 0 spiro atoms. The van der Waals surface area contributed by atoms with Crippen LogP contribution < -0.4 is 5.73 Å². The zero-order valence-corrected chi connectivity index (χ0v) is 9.85. The van der Waals surface area contributed by atoms with Crippen molar-refractivity contribution in [1.82, 2.24) is 0 Å². The smallest absolute Gasteiger partial charge is 0.341 e. The average Bonchev–Trinajstić information content (AvgIpc) is 2.44. The van der Waals surface area contributed by atoms with Crippen molar-refractivity contribution >= 4 is 28.6 Å². The lowest BCUT2D eigenvalue weighted by Gasteiger charge is -2.01. The summed E-state index contributed by atoms with van der Waals surface area (Å²) in [6.07, 6.45) is 1.19. The largest absolute Gasteiger partial charge is 0.462 e. The minimum Gasteiger partial charge on any atom is -0.462 e. The molecule has 1 aromatic heterocycles. The number of hydrogen-bond donors (Lipinski definition) is 1. The molecule has 4 nitrogen and oxygen atoms in total. The number of esters is 1. The Labute approximate surface area is 92.8 Å². The fourth-order valence-corrected chi connectivity index (χ4v) is 2.21. The molecule has 1 heterocycles. The van der Waals surface area contributed by atoms with E-state index in [4.69, 9.17) is 10.5 Å². The van der Waals surface area contributed by atoms with Crippen LogP contribution in [0.5, 0.6) is 0 Å². The van der Waals surface area contributed by atoms with Gasteiger partial charge in [-0.1, -0.05) is 0 Å². The van der Waals surface area contributed by atoms with Crippen LogP contribution in [0.25, 0.3) is 0 Å². The second-order valence-corrected chi connectivity index (χ2v) is 4.17. The summed E-state index contributed by atoms with van der Waals surface area (Å²) < 4.78 is 4.96. The van der Waals surface area contributed by atoms with Crippen molar-refractivity contribution in [2.75, 3.05) is 6.61 Å². The second-order valence-electron chi connectivity index (χ2n) is 2.96. The molecule has 15 heavy (non-hydrogen) atoms. The first-order chi connectivity index (χ1) is 7.11. The van der Waals surface area contributed by atoms with E-state index in [9.17, 15) is 4.79 Å². The highest BCUT2D eigenvalue weighted by Gasteiger charge is 2.19. The van der Waals surface area contributed by atoms with E-state index in [2.05, 4.69) is 4.99 Å². The van der Waals surface area contributed by atoms with E-state index in [0.29, 0.717) is 17.2 Å². The minimum atomic E-state index is -0.333. The number of hydrogen-bond acceptors (Lipinski definition) is 4. The first-order valence-electron chi connectivity index (χ1n) is 4.63. The number of aliphatic imine (C=N–C) groups is 1. The van der Waals surface area contributed by atoms with Gasteiger partial charge in [0, 0.05) is 4.88 Å². The molecule has 0 bridgehead atoms. The predicted molar refractivity (Wildman–Crippen MR) is 62.1 cm³/mol. The van der Waals surface area contributed by atoms with E-state index in [-0.39, 0.29) is 5.97 Å². The molecule has 0 aliphatic rings. The molecule has 1 rings (SSSR count). The molecular weight excluding hydrogens is 212 g/mol. The zero-order chi connectivity index (χ0) is 11.4. The average molecular weight is 226 g/mol. The number of ether oxygens (including phenoxy) is 1. The Hall–Kier alpha value is -1.36. The van der Waals surface area contributed by atoms with Gasteiger partial charge in [0.1, 0.15) is 5.00 Å². The SMILES string of the molecule is CCOC(=O)c1c(N=CN)sc(C)c1C. The number of carbonyl (C=O) groups is 1. The van der Waals surface area contributed by atoms with E-state index in [1.54, 1.807) is 6.92 Å². The lowest BCUT2D eigenvalue weighted by Crippen LogP contribution is -2.05. The Morgan fingerprint density at radius 1 is 1.60 bits per heavy atom. The highest BCUT2D eigenvalue weighted by molar-refractivity contribution is 7.16. The van der Waals surface area contributed by atoms with Crippen molar-refractivity contribution < 1.29 is 9.53 Å². The fraction of sp³-hybridized carbons (Fsp3) is 0.400. The summed E-state index contributed by atoms with van der Waals surface area (Å²) in [5, 5.41) is 0.617. The van der Waals surface area contributed by atoms with Crippen LogP contribution in [0.4, 0.5) is 5.00 Å². The summed E-state index contributed by atoms with van der Waals surface area (Å²) in [5.41, 5.74) is 6.67. The molecule has 0 aliphatic carbocycles. The number of carbonyl (C=O) groups excluding carboxylic acids is 1. The van der Waals surface area contributed by atoms with Gasteiger partial charge in [-0.2, -0.15) is 0 Å². The topological polar surface area (TPSA) is 64.7 Å². The van der Waals surface area contributed by atoms with Crippen molar-refractivity contribution in [2.45, 2.75) is 20.8 Å². The van der Waals surface area contributed by atoms with Crippen LogP contribution in [0.1, 0.15) is 27.7 Å². The lowest BCUT2D eigenvalue weighted by atomic mass is 10.1. The van der Waals surface area contributed by atoms with Crippen LogP contribution in [0.3, 0.4) is 0 Å². The van der Waals surface area contributed by atoms with Crippen molar-refractivity contribution in [3.8, 4) is 0 Å². The minimum absolute atomic E-state index is 0.333. The van der Waals surface area contributed by atoms with Crippen molar-refractivity contribution in [1.29, 1.82) is 0 Å². The first kappa shape index (κ1) is 11.7. The Morgan fingerprint density at radius 2 is 2.27 bits per heavy atom. The molecule has 0 saturated heterocycles. The summed E-state index contributed by atoms with van der Waals surface area (Å²) in [4.78, 5) is 16.7. The van der Waals surface area contributed by atoms with Gasteiger partial charge in [0.05, 0.1) is 18.5 Å². The van der Waals surface area contributed by atoms with E-state index < -0.39 is 0 Å². The van der Waals surface area contributed by atoms with Crippen LogP contribution in [0.2, 0.25) is 0 Å². The molecule has 82 valence electrons. The van der Waals surface area contributed by atoms with E-state index >= 15 is 0 Å². The number of aryl methyl sites for hydroxylation is 1. The quantitative estimate of drug-likeness (QED) is 0.488. The lowest BCUT2D eigenvalue weighted by molar-refractivity contribution is 0.0527. The van der Waals surface area contributed by atoms with Crippen molar-refractivity contribution in [3.63, 3.8) is 0 Å². The van der Waals surface area contributed by atoms with Crippen LogP contribution in [-0.4, -0.2) is 18.9 Å². The standard InChI is InChI=1S/C10H14N2O2S/c1-4-14-10(13)8-6(2)7(3)15-9(8)12-5-11/h5H,4H2,1-3H3,(H2,11,12). The molecule has 0 saturated carbocycles. The summed E-state index contributed by atoms with van der Waals surface area (Å²) in [5.74, 6) is -0.333. The Morgan fingerprint density at radius 3 is 2.80 bits per heavy atom. The van der Waals surface area contributed by atoms with Crippen LogP contribution in [0.15, 0.2) is 4.99 Å². The van der Waals surface area contributed by atoms with Crippen LogP contribution >= 0.6 is 11.3 Å². The third kappa shape index (κ3) is 2.36. The third-order valence-electron chi connectivity index (χ3n) is 2.04. The Balaban J connectivity index is 3.18. The van der Waals surface area contributed by atoms with Crippen LogP contribution in [-0.2, 0) is 4.74 Å². The molecule has 5 heteroatoms.